The van der Waals surface area contributed by atoms with Gasteiger partial charge in [-0.25, -0.2) is 4.98 Å². The molecule has 5 aromatic rings. The molecule has 0 spiro atoms. The Morgan fingerprint density at radius 1 is 0.613 bits per heavy atom. The average molecular weight is 404 g/mol. The van der Waals surface area contributed by atoms with Crippen molar-refractivity contribution in [2.75, 3.05) is 0 Å². The van der Waals surface area contributed by atoms with Crippen LogP contribution in [0.15, 0.2) is 101 Å². The van der Waals surface area contributed by atoms with Crippen LogP contribution < -0.4 is 0 Å². The number of hydrogen-bond donors (Lipinski definition) is 0. The van der Waals surface area contributed by atoms with Crippen molar-refractivity contribution in [3.05, 3.63) is 103 Å². The maximum absolute atomic E-state index is 6.15. The van der Waals surface area contributed by atoms with E-state index in [1.54, 1.807) is 0 Å². The van der Waals surface area contributed by atoms with E-state index in [1.165, 1.54) is 16.7 Å². The van der Waals surface area contributed by atoms with Crippen molar-refractivity contribution in [3.63, 3.8) is 0 Å². The zero-order chi connectivity index (χ0) is 21.4. The fourth-order valence-corrected chi connectivity index (χ4v) is 3.84. The highest BCUT2D eigenvalue weighted by molar-refractivity contribution is 5.83. The molecule has 0 saturated carbocycles. The summed E-state index contributed by atoms with van der Waals surface area (Å²) in [5.41, 5.74) is 7.55. The van der Waals surface area contributed by atoms with E-state index < -0.39 is 0 Å². The first-order chi connectivity index (χ1) is 15.0. The lowest BCUT2D eigenvalue weighted by Gasteiger charge is -2.18. The van der Waals surface area contributed by atoms with Crippen molar-refractivity contribution in [1.29, 1.82) is 0 Å². The summed E-state index contributed by atoms with van der Waals surface area (Å²) in [6.45, 7) is 6.67. The maximum Gasteiger partial charge on any atom is 0.227 e. The molecule has 0 saturated heterocycles. The molecule has 0 N–H and O–H groups in total. The quantitative estimate of drug-likeness (QED) is 0.304. The zero-order valence-corrected chi connectivity index (χ0v) is 18.1. The summed E-state index contributed by atoms with van der Waals surface area (Å²) >= 11 is 0. The summed E-state index contributed by atoms with van der Waals surface area (Å²) < 4.78 is 6.15. The number of furan rings is 1. The summed E-state index contributed by atoms with van der Waals surface area (Å²) in [5, 5.41) is 1.01. The highest BCUT2D eigenvalue weighted by Crippen LogP contribution is 2.32. The molecule has 5 rings (SSSR count). The molecule has 2 heteroatoms. The van der Waals surface area contributed by atoms with E-state index in [0.29, 0.717) is 5.71 Å². The van der Waals surface area contributed by atoms with Gasteiger partial charge in [-0.1, -0.05) is 93.6 Å². The van der Waals surface area contributed by atoms with Gasteiger partial charge >= 0.3 is 0 Å². The first-order valence-electron chi connectivity index (χ1n) is 10.6. The van der Waals surface area contributed by atoms with Crippen molar-refractivity contribution < 1.29 is 4.42 Å². The summed E-state index contributed by atoms with van der Waals surface area (Å²) in [7, 11) is 0. The van der Waals surface area contributed by atoms with Gasteiger partial charge in [0.15, 0.2) is 0 Å². The second-order valence-electron chi connectivity index (χ2n) is 8.98. The van der Waals surface area contributed by atoms with E-state index >= 15 is 0 Å². The standard InChI is InChI=1S/C29H25NO/c1-29(2,3)25-15-12-21(13-16-25)27-19-24-14-17-26(30-28(24)31-27)23-11-7-10-22(18-23)20-8-5-4-6-9-20/h4-19H,1-3H3. The Bertz CT molecular complexity index is 1340. The Kier molecular flexibility index (Phi) is 4.71. The SMILES string of the molecule is CC(C)(C)c1ccc(-c2cc3ccc(-c4cccc(-c5ccccc5)c4)nc3o2)cc1. The molecule has 0 bridgehead atoms. The van der Waals surface area contributed by atoms with E-state index in [0.717, 1.165) is 28.0 Å². The number of aromatic nitrogens is 1. The lowest BCUT2D eigenvalue weighted by Crippen LogP contribution is -2.10. The number of fused-ring (bicyclic) bond motifs is 1. The topological polar surface area (TPSA) is 26.0 Å². The molecule has 2 aromatic heterocycles. The van der Waals surface area contributed by atoms with Crippen LogP contribution in [0.1, 0.15) is 26.3 Å². The second kappa shape index (κ2) is 7.55. The first-order valence-corrected chi connectivity index (χ1v) is 10.6. The summed E-state index contributed by atoms with van der Waals surface area (Å²) in [4.78, 5) is 4.82. The van der Waals surface area contributed by atoms with Crippen molar-refractivity contribution in [3.8, 4) is 33.7 Å². The lowest BCUT2D eigenvalue weighted by atomic mass is 9.86. The minimum absolute atomic E-state index is 0.136. The minimum atomic E-state index is 0.136. The van der Waals surface area contributed by atoms with Gasteiger partial charge in [-0.15, -0.1) is 0 Å². The molecule has 0 atom stereocenters. The molecule has 0 fully saturated rings. The van der Waals surface area contributed by atoms with E-state index in [1.807, 2.05) is 6.07 Å². The fraction of sp³-hybridized carbons (Fsp3) is 0.138. The van der Waals surface area contributed by atoms with Gasteiger partial charge < -0.3 is 4.42 Å². The number of pyridine rings is 1. The van der Waals surface area contributed by atoms with Gasteiger partial charge in [0.25, 0.3) is 0 Å². The Morgan fingerprint density at radius 2 is 1.32 bits per heavy atom. The largest absolute Gasteiger partial charge is 0.438 e. The van der Waals surface area contributed by atoms with Gasteiger partial charge in [-0.3, -0.25) is 0 Å². The predicted octanol–water partition coefficient (Wildman–Crippen LogP) is 8.13. The predicted molar refractivity (Wildman–Crippen MR) is 129 cm³/mol. The van der Waals surface area contributed by atoms with Crippen LogP contribution in [-0.4, -0.2) is 4.98 Å². The van der Waals surface area contributed by atoms with E-state index in [-0.39, 0.29) is 5.41 Å². The molecule has 31 heavy (non-hydrogen) atoms. The van der Waals surface area contributed by atoms with Gasteiger partial charge in [0.2, 0.25) is 5.71 Å². The normalized spacial score (nSPS) is 11.7. The molecular weight excluding hydrogens is 378 g/mol. The average Bonchev–Trinajstić information content (AvgIpc) is 3.23. The first kappa shape index (κ1) is 19.3. The molecule has 0 aliphatic carbocycles. The number of nitrogens with zero attached hydrogens (tertiary/aromatic N) is 1. The van der Waals surface area contributed by atoms with Crippen molar-refractivity contribution in [2.45, 2.75) is 26.2 Å². The van der Waals surface area contributed by atoms with Crippen molar-refractivity contribution in [1.82, 2.24) is 4.98 Å². The van der Waals surface area contributed by atoms with Crippen LogP contribution >= 0.6 is 0 Å². The third-order valence-corrected chi connectivity index (χ3v) is 5.68. The Hall–Kier alpha value is -3.65. The number of benzene rings is 3. The Balaban J connectivity index is 1.49. The molecule has 152 valence electrons. The third-order valence-electron chi connectivity index (χ3n) is 5.68. The number of rotatable bonds is 3. The van der Waals surface area contributed by atoms with Crippen LogP contribution in [-0.2, 0) is 5.41 Å². The molecule has 2 heterocycles. The summed E-state index contributed by atoms with van der Waals surface area (Å²) in [6.07, 6.45) is 0. The smallest absolute Gasteiger partial charge is 0.227 e. The molecule has 2 nitrogen and oxygen atoms in total. The molecule has 0 radical (unpaired) electrons. The highest BCUT2D eigenvalue weighted by Gasteiger charge is 2.14. The van der Waals surface area contributed by atoms with Crippen LogP contribution in [0.3, 0.4) is 0 Å². The second-order valence-corrected chi connectivity index (χ2v) is 8.98. The van der Waals surface area contributed by atoms with Crippen molar-refractivity contribution >= 4 is 11.1 Å². The third kappa shape index (κ3) is 3.89. The van der Waals surface area contributed by atoms with Gasteiger partial charge in [-0.2, -0.15) is 0 Å². The zero-order valence-electron chi connectivity index (χ0n) is 18.1. The van der Waals surface area contributed by atoms with Crippen molar-refractivity contribution in [2.24, 2.45) is 0 Å². The molecule has 0 amide bonds. The van der Waals surface area contributed by atoms with E-state index in [9.17, 15) is 0 Å². The Labute approximate surface area is 183 Å². The molecule has 0 aliphatic rings. The van der Waals surface area contributed by atoms with Gasteiger partial charge in [0.1, 0.15) is 5.76 Å². The van der Waals surface area contributed by atoms with Crippen LogP contribution in [0, 0.1) is 0 Å². The summed E-state index contributed by atoms with van der Waals surface area (Å²) in [5.74, 6) is 0.846. The molecule has 0 unspecified atom stereocenters. The molecule has 3 aromatic carbocycles. The summed E-state index contributed by atoms with van der Waals surface area (Å²) in [6, 6.07) is 33.7. The van der Waals surface area contributed by atoms with Gasteiger partial charge in [-0.05, 0) is 46.4 Å². The monoisotopic (exact) mass is 403 g/mol. The molecular formula is C29H25NO. The number of hydrogen-bond acceptors (Lipinski definition) is 2. The van der Waals surface area contributed by atoms with Gasteiger partial charge in [0.05, 0.1) is 5.69 Å². The van der Waals surface area contributed by atoms with Crippen LogP contribution in [0.4, 0.5) is 0 Å². The molecule has 0 aliphatic heterocycles. The van der Waals surface area contributed by atoms with Gasteiger partial charge in [0, 0.05) is 16.5 Å². The fourth-order valence-electron chi connectivity index (χ4n) is 3.84. The van der Waals surface area contributed by atoms with Crippen LogP contribution in [0.25, 0.3) is 44.8 Å². The van der Waals surface area contributed by atoms with E-state index in [2.05, 4.69) is 112 Å². The highest BCUT2D eigenvalue weighted by atomic mass is 16.3. The maximum atomic E-state index is 6.15. The van der Waals surface area contributed by atoms with E-state index in [4.69, 9.17) is 9.40 Å². The minimum Gasteiger partial charge on any atom is -0.438 e. The lowest BCUT2D eigenvalue weighted by molar-refractivity contribution is 0.589. The van der Waals surface area contributed by atoms with Crippen LogP contribution in [0.2, 0.25) is 0 Å². The Morgan fingerprint density at radius 3 is 2.06 bits per heavy atom. The van der Waals surface area contributed by atoms with Crippen LogP contribution in [0.5, 0.6) is 0 Å².